The number of hydrogen-bond acceptors (Lipinski definition) is 11. The lowest BCUT2D eigenvalue weighted by atomic mass is 9.84. The third kappa shape index (κ3) is 10.6. The van der Waals surface area contributed by atoms with Gasteiger partial charge in [0.15, 0.2) is 11.6 Å². The quantitative estimate of drug-likeness (QED) is 0.0647. The first-order valence-electron chi connectivity index (χ1n) is 18.7. The van der Waals surface area contributed by atoms with E-state index in [-0.39, 0.29) is 68.7 Å². The van der Waals surface area contributed by atoms with Crippen LogP contribution in [0.25, 0.3) is 5.57 Å². The highest BCUT2D eigenvalue weighted by atomic mass is 35.5. The first-order valence-corrected chi connectivity index (χ1v) is 20.5. The molecule has 1 aliphatic carbocycles. The highest BCUT2D eigenvalue weighted by Crippen LogP contribution is 2.42. The van der Waals surface area contributed by atoms with Crippen LogP contribution in [-0.4, -0.2) is 112 Å². The largest absolute Gasteiger partial charge is 0.616 e. The lowest BCUT2D eigenvalue weighted by Gasteiger charge is -2.47. The maximum atomic E-state index is 15.1. The fourth-order valence-electron chi connectivity index (χ4n) is 7.27. The van der Waals surface area contributed by atoms with Crippen LogP contribution in [0.1, 0.15) is 47.9 Å². The summed E-state index contributed by atoms with van der Waals surface area (Å²) in [5, 5.41) is 16.5. The first-order chi connectivity index (χ1) is 27.5. The number of carbonyl (C=O) groups excluding carboxylic acids is 2. The van der Waals surface area contributed by atoms with E-state index in [2.05, 4.69) is 4.84 Å². The summed E-state index contributed by atoms with van der Waals surface area (Å²) >= 11 is 4.59. The lowest BCUT2D eigenvalue weighted by Crippen LogP contribution is -2.61. The molecular formula is C40H46ClF2N3O10S. The minimum absolute atomic E-state index is 0.00531. The van der Waals surface area contributed by atoms with Crippen LogP contribution >= 0.6 is 11.6 Å². The maximum absolute atomic E-state index is 15.1. The lowest BCUT2D eigenvalue weighted by molar-refractivity contribution is -0.493. The molecule has 0 radical (unpaired) electrons. The second-order valence-electron chi connectivity index (χ2n) is 14.0. The zero-order chi connectivity index (χ0) is 40.6. The van der Waals surface area contributed by atoms with Crippen molar-refractivity contribution < 1.29 is 57.1 Å². The van der Waals surface area contributed by atoms with E-state index in [9.17, 15) is 18.1 Å². The van der Waals surface area contributed by atoms with Gasteiger partial charge in [-0.3, -0.25) is 20.1 Å². The van der Waals surface area contributed by atoms with Crippen molar-refractivity contribution in [2.75, 3.05) is 51.6 Å². The van der Waals surface area contributed by atoms with Crippen molar-refractivity contribution in [3.63, 3.8) is 0 Å². The molecule has 0 aromatic heterocycles. The fourth-order valence-corrected chi connectivity index (χ4v) is 9.00. The molecule has 3 aliphatic rings. The van der Waals surface area contributed by atoms with Crippen molar-refractivity contribution in [2.45, 2.75) is 63.7 Å². The molecule has 2 N–H and O–H groups in total. The third-order valence-corrected chi connectivity index (χ3v) is 12.0. The van der Waals surface area contributed by atoms with E-state index in [1.807, 2.05) is 54.3 Å². The molecule has 13 nitrogen and oxygen atoms in total. The highest BCUT2D eigenvalue weighted by molar-refractivity contribution is 7.91. The Balaban J connectivity index is 1.25. The Kier molecular flexibility index (Phi) is 14.7. The van der Waals surface area contributed by atoms with Crippen LogP contribution in [0, 0.1) is 18.6 Å². The van der Waals surface area contributed by atoms with Crippen LogP contribution in [0.3, 0.4) is 0 Å². The molecule has 3 atom stereocenters. The van der Waals surface area contributed by atoms with E-state index in [1.165, 1.54) is 0 Å². The number of amides is 2. The van der Waals surface area contributed by atoms with E-state index in [0.717, 1.165) is 52.8 Å². The summed E-state index contributed by atoms with van der Waals surface area (Å²) in [6.07, 6.45) is 2.35. The van der Waals surface area contributed by atoms with Gasteiger partial charge in [0.25, 0.3) is 5.91 Å². The Morgan fingerprint density at radius 1 is 0.982 bits per heavy atom. The second-order valence-corrected chi connectivity index (χ2v) is 15.9. The molecule has 1 saturated heterocycles. The number of hydrogen-bond donors (Lipinski definition) is 2. The van der Waals surface area contributed by atoms with Crippen LogP contribution in [-0.2, 0) is 43.2 Å². The summed E-state index contributed by atoms with van der Waals surface area (Å²) in [6, 6.07) is 14.1. The normalized spacial score (nSPS) is 19.2. The van der Waals surface area contributed by atoms with Crippen LogP contribution in [0.4, 0.5) is 13.6 Å². The van der Waals surface area contributed by atoms with Gasteiger partial charge < -0.3 is 28.4 Å². The van der Waals surface area contributed by atoms with Crippen LogP contribution < -0.4 is 9.47 Å². The number of carbonyl (C=O) groups is 2. The summed E-state index contributed by atoms with van der Waals surface area (Å²) in [7, 11) is 1.60. The molecule has 57 heavy (non-hydrogen) atoms. The molecule has 1 saturated carbocycles. The van der Waals surface area contributed by atoms with Gasteiger partial charge in [-0.2, -0.15) is 0 Å². The third-order valence-electron chi connectivity index (χ3n) is 10.2. The summed E-state index contributed by atoms with van der Waals surface area (Å²) in [4.78, 5) is 36.7. The molecule has 2 bridgehead atoms. The van der Waals surface area contributed by atoms with Gasteiger partial charge in [0.05, 0.1) is 45.0 Å². The highest BCUT2D eigenvalue weighted by Gasteiger charge is 2.51. The zero-order valence-corrected chi connectivity index (χ0v) is 33.2. The Morgan fingerprint density at radius 3 is 2.44 bits per heavy atom. The van der Waals surface area contributed by atoms with Gasteiger partial charge in [0, 0.05) is 18.2 Å². The molecule has 2 fully saturated rings. The average Bonchev–Trinajstić information content (AvgIpc) is 4.03. The van der Waals surface area contributed by atoms with Crippen molar-refractivity contribution in [3.05, 3.63) is 99.1 Å². The number of ether oxygens (including phenoxy) is 4. The van der Waals surface area contributed by atoms with Crippen molar-refractivity contribution in [1.29, 1.82) is 0 Å². The van der Waals surface area contributed by atoms with Crippen molar-refractivity contribution in [1.82, 2.24) is 15.2 Å². The van der Waals surface area contributed by atoms with Gasteiger partial charge in [-0.1, -0.05) is 48.0 Å². The van der Waals surface area contributed by atoms with Crippen LogP contribution in [0.2, 0.25) is 5.02 Å². The number of halogens is 3. The summed E-state index contributed by atoms with van der Waals surface area (Å²) < 4.78 is 63.3. The second kappa shape index (κ2) is 19.6. The van der Waals surface area contributed by atoms with Crippen molar-refractivity contribution in [3.8, 4) is 11.5 Å². The van der Waals surface area contributed by atoms with Crippen LogP contribution in [0.5, 0.6) is 11.5 Å². The predicted octanol–water partition coefficient (Wildman–Crippen LogP) is 6.26. The van der Waals surface area contributed by atoms with E-state index >= 15 is 4.79 Å². The van der Waals surface area contributed by atoms with Crippen molar-refractivity contribution in [2.24, 2.45) is 0 Å². The molecule has 6 rings (SSSR count). The van der Waals surface area contributed by atoms with Gasteiger partial charge in [-0.15, -0.1) is 0 Å². The van der Waals surface area contributed by atoms with Gasteiger partial charge in [0.1, 0.15) is 40.7 Å². The van der Waals surface area contributed by atoms with Gasteiger partial charge in [-0.05, 0) is 96.2 Å². The average molecular weight is 834 g/mol. The molecule has 17 heteroatoms. The van der Waals surface area contributed by atoms with Gasteiger partial charge in [-0.25, -0.2) is 18.4 Å². The topological polar surface area (TPSA) is 154 Å². The Labute approximate surface area is 337 Å². The predicted molar refractivity (Wildman–Crippen MR) is 205 cm³/mol. The molecule has 3 aromatic rings. The Hall–Kier alpha value is -4.00. The van der Waals surface area contributed by atoms with E-state index < -0.39 is 51.4 Å². The number of benzene rings is 3. The number of rotatable bonds is 18. The number of aryl methyl sites for hydroxylation is 1. The molecule has 3 unspecified atom stereocenters. The van der Waals surface area contributed by atoms with E-state index in [4.69, 9.17) is 41.0 Å². The number of fused-ring (bicyclic) bond motifs is 2. The van der Waals surface area contributed by atoms with Gasteiger partial charge in [0.2, 0.25) is 0 Å². The molecule has 308 valence electrons. The zero-order valence-electron chi connectivity index (χ0n) is 31.7. The first kappa shape index (κ1) is 42.6. The molecule has 2 aliphatic heterocycles. The SMILES string of the molecule is COc1cccc(CN(C(=O)C2=C(c3ccc(CCCOc4c(F)ccc(F)c4Cl)cc3)CC3C[S+]([O-])CC2N3C(=O)OCCOCCON(O)O)C2CC2)c1C. The molecule has 0 spiro atoms. The van der Waals surface area contributed by atoms with Crippen molar-refractivity contribution >= 4 is 40.4 Å². The molecule has 2 amide bonds. The molecule has 3 aromatic carbocycles. The Bertz CT molecular complexity index is 1920. The monoisotopic (exact) mass is 833 g/mol. The van der Waals surface area contributed by atoms with E-state index in [0.29, 0.717) is 30.7 Å². The van der Waals surface area contributed by atoms with E-state index in [1.54, 1.807) is 12.0 Å². The summed E-state index contributed by atoms with van der Waals surface area (Å²) in [5.74, 6) is -1.07. The maximum Gasteiger partial charge on any atom is 0.410 e. The number of methoxy groups -OCH3 is 1. The van der Waals surface area contributed by atoms with Crippen LogP contribution in [0.15, 0.2) is 60.2 Å². The fraction of sp³-hybridized carbons (Fsp3) is 0.450. The smallest absolute Gasteiger partial charge is 0.410 e. The standard InChI is InChI=1S/C40H46ClF2N3O10S/c1-25-28(6-3-7-35(25)52-2)22-44(29-12-13-29)39(47)36-31(27-10-8-26(9-11-27)5-4-16-54-38-33(43)15-14-32(42)37(38)41)21-30-23-57(51)24-34(36)45(30)40(48)55-19-17-53-18-20-56-46(49)50/h3,6-11,14-15,29-30,34,49-50H,4-5,12-13,16-24H2,1-2H3. The molecular weight excluding hydrogens is 788 g/mol. The summed E-state index contributed by atoms with van der Waals surface area (Å²) in [5.41, 5.74) is 4.79. The minimum atomic E-state index is -1.31. The van der Waals surface area contributed by atoms with Gasteiger partial charge >= 0.3 is 6.09 Å². The number of nitrogens with zero attached hydrogens (tertiary/aromatic N) is 3. The summed E-state index contributed by atoms with van der Waals surface area (Å²) in [6.45, 7) is 2.15. The minimum Gasteiger partial charge on any atom is -0.616 e. The Morgan fingerprint density at radius 2 is 1.72 bits per heavy atom. The molecule has 2 heterocycles.